The van der Waals surface area contributed by atoms with Gasteiger partial charge in [-0.1, -0.05) is 18.2 Å². The van der Waals surface area contributed by atoms with Crippen LogP contribution in [0.5, 0.6) is 0 Å². The molecular formula is C17H28N2O. The zero-order valence-electron chi connectivity index (χ0n) is 13.1. The van der Waals surface area contributed by atoms with E-state index in [-0.39, 0.29) is 6.61 Å². The molecule has 1 heterocycles. The van der Waals surface area contributed by atoms with Crippen LogP contribution in [-0.2, 0) is 6.54 Å². The van der Waals surface area contributed by atoms with E-state index in [0.717, 1.165) is 13.1 Å². The average molecular weight is 276 g/mol. The van der Waals surface area contributed by atoms with Crippen LogP contribution in [-0.4, -0.2) is 54.2 Å². The van der Waals surface area contributed by atoms with E-state index in [9.17, 15) is 5.11 Å². The summed E-state index contributed by atoms with van der Waals surface area (Å²) < 4.78 is 0. The van der Waals surface area contributed by atoms with Crippen molar-refractivity contribution in [2.24, 2.45) is 0 Å². The lowest BCUT2D eigenvalue weighted by Gasteiger charge is -2.37. The third-order valence-electron chi connectivity index (χ3n) is 4.68. The number of hydrogen-bond acceptors (Lipinski definition) is 3. The Morgan fingerprint density at radius 2 is 1.95 bits per heavy atom. The molecule has 1 aromatic carbocycles. The van der Waals surface area contributed by atoms with Crippen LogP contribution in [0.4, 0.5) is 0 Å². The van der Waals surface area contributed by atoms with Gasteiger partial charge in [-0.3, -0.25) is 4.90 Å². The summed E-state index contributed by atoms with van der Waals surface area (Å²) in [6.07, 6.45) is 2.42. The molecule has 1 saturated heterocycles. The smallest absolute Gasteiger partial charge is 0.0558 e. The molecule has 0 atom stereocenters. The first-order valence-corrected chi connectivity index (χ1v) is 7.70. The molecule has 0 aliphatic carbocycles. The molecule has 1 fully saturated rings. The lowest BCUT2D eigenvalue weighted by molar-refractivity contribution is 0.0939. The van der Waals surface area contributed by atoms with Crippen molar-refractivity contribution in [3.63, 3.8) is 0 Å². The maximum absolute atomic E-state index is 9.37. The standard InChI is InChI=1S/C17H28N2O/c1-14-5-4-6-16(15(14)2)13-19(11-12-20)17-7-9-18(3)10-8-17/h4-6,17,20H,7-13H2,1-3H3. The Balaban J connectivity index is 2.07. The SMILES string of the molecule is Cc1cccc(CN(CCO)C2CCN(C)CC2)c1C. The lowest BCUT2D eigenvalue weighted by atomic mass is 9.99. The molecule has 0 radical (unpaired) electrons. The van der Waals surface area contributed by atoms with E-state index in [1.165, 1.54) is 42.6 Å². The van der Waals surface area contributed by atoms with Crippen LogP contribution in [0, 0.1) is 13.8 Å². The fraction of sp³-hybridized carbons (Fsp3) is 0.647. The highest BCUT2D eigenvalue weighted by Gasteiger charge is 2.23. The predicted octanol–water partition coefficient (Wildman–Crippen LogP) is 2.19. The van der Waals surface area contributed by atoms with E-state index in [2.05, 4.69) is 48.9 Å². The third kappa shape index (κ3) is 3.81. The minimum atomic E-state index is 0.247. The highest BCUT2D eigenvalue weighted by molar-refractivity contribution is 5.33. The van der Waals surface area contributed by atoms with E-state index in [1.807, 2.05) is 0 Å². The average Bonchev–Trinajstić information content (AvgIpc) is 2.44. The normalized spacial score (nSPS) is 17.9. The maximum atomic E-state index is 9.37. The van der Waals surface area contributed by atoms with Gasteiger partial charge in [0.1, 0.15) is 0 Å². The highest BCUT2D eigenvalue weighted by Crippen LogP contribution is 2.20. The fourth-order valence-electron chi connectivity index (χ4n) is 3.08. The van der Waals surface area contributed by atoms with E-state index < -0.39 is 0 Å². The van der Waals surface area contributed by atoms with Crippen molar-refractivity contribution in [3.8, 4) is 0 Å². The molecule has 112 valence electrons. The van der Waals surface area contributed by atoms with Crippen LogP contribution in [0.15, 0.2) is 18.2 Å². The molecule has 0 spiro atoms. The van der Waals surface area contributed by atoms with E-state index in [4.69, 9.17) is 0 Å². The van der Waals surface area contributed by atoms with Crippen LogP contribution < -0.4 is 0 Å². The number of aliphatic hydroxyl groups excluding tert-OH is 1. The van der Waals surface area contributed by atoms with Crippen molar-refractivity contribution in [2.75, 3.05) is 33.3 Å². The first-order chi connectivity index (χ1) is 9.61. The van der Waals surface area contributed by atoms with Crippen molar-refractivity contribution in [2.45, 2.75) is 39.3 Å². The second-order valence-corrected chi connectivity index (χ2v) is 6.09. The van der Waals surface area contributed by atoms with Gasteiger partial charge in [-0.15, -0.1) is 0 Å². The minimum Gasteiger partial charge on any atom is -0.395 e. The van der Waals surface area contributed by atoms with Crippen molar-refractivity contribution < 1.29 is 5.11 Å². The van der Waals surface area contributed by atoms with E-state index in [1.54, 1.807) is 0 Å². The summed E-state index contributed by atoms with van der Waals surface area (Å²) in [6, 6.07) is 7.15. The molecule has 1 aromatic rings. The van der Waals surface area contributed by atoms with Gasteiger partial charge in [-0.2, -0.15) is 0 Å². The van der Waals surface area contributed by atoms with Crippen molar-refractivity contribution >= 4 is 0 Å². The largest absolute Gasteiger partial charge is 0.395 e. The summed E-state index contributed by atoms with van der Waals surface area (Å²) in [7, 11) is 2.19. The van der Waals surface area contributed by atoms with Crippen molar-refractivity contribution in [1.82, 2.24) is 9.80 Å². The van der Waals surface area contributed by atoms with Gasteiger partial charge in [0.05, 0.1) is 6.61 Å². The van der Waals surface area contributed by atoms with Gasteiger partial charge in [-0.25, -0.2) is 0 Å². The second-order valence-electron chi connectivity index (χ2n) is 6.09. The quantitative estimate of drug-likeness (QED) is 0.893. The van der Waals surface area contributed by atoms with Gasteiger partial charge >= 0.3 is 0 Å². The van der Waals surface area contributed by atoms with Gasteiger partial charge in [-0.05, 0) is 63.5 Å². The molecule has 1 aliphatic rings. The topological polar surface area (TPSA) is 26.7 Å². The zero-order chi connectivity index (χ0) is 14.5. The van der Waals surface area contributed by atoms with E-state index in [0.29, 0.717) is 6.04 Å². The number of benzene rings is 1. The molecule has 1 N–H and O–H groups in total. The van der Waals surface area contributed by atoms with Gasteiger partial charge < -0.3 is 10.0 Å². The molecule has 0 amide bonds. The molecule has 20 heavy (non-hydrogen) atoms. The minimum absolute atomic E-state index is 0.247. The van der Waals surface area contributed by atoms with Gasteiger partial charge in [0.15, 0.2) is 0 Å². The summed E-state index contributed by atoms with van der Waals surface area (Å²) in [4.78, 5) is 4.86. The molecule has 1 aliphatic heterocycles. The van der Waals surface area contributed by atoms with E-state index >= 15 is 0 Å². The van der Waals surface area contributed by atoms with Gasteiger partial charge in [0, 0.05) is 19.1 Å². The zero-order valence-corrected chi connectivity index (χ0v) is 13.1. The molecule has 0 saturated carbocycles. The fourth-order valence-corrected chi connectivity index (χ4v) is 3.08. The molecule has 2 rings (SSSR count). The molecule has 0 bridgehead atoms. The molecule has 0 unspecified atom stereocenters. The molecular weight excluding hydrogens is 248 g/mol. The first-order valence-electron chi connectivity index (χ1n) is 7.70. The van der Waals surface area contributed by atoms with Crippen LogP contribution in [0.1, 0.15) is 29.5 Å². The Kier molecular flexibility index (Phi) is 5.58. The summed E-state index contributed by atoms with van der Waals surface area (Å²) in [5.74, 6) is 0. The van der Waals surface area contributed by atoms with Gasteiger partial charge in [0.25, 0.3) is 0 Å². The molecule has 3 nitrogen and oxygen atoms in total. The molecule has 0 aromatic heterocycles. The van der Waals surface area contributed by atoms with Gasteiger partial charge in [0.2, 0.25) is 0 Å². The van der Waals surface area contributed by atoms with Crippen LogP contribution >= 0.6 is 0 Å². The van der Waals surface area contributed by atoms with Crippen LogP contribution in [0.3, 0.4) is 0 Å². The maximum Gasteiger partial charge on any atom is 0.0558 e. The van der Waals surface area contributed by atoms with Crippen molar-refractivity contribution in [3.05, 3.63) is 34.9 Å². The number of aryl methyl sites for hydroxylation is 1. The monoisotopic (exact) mass is 276 g/mol. The summed E-state index contributed by atoms with van der Waals surface area (Å²) >= 11 is 0. The first kappa shape index (κ1) is 15.5. The summed E-state index contributed by atoms with van der Waals surface area (Å²) in [6.45, 7) is 8.70. The summed E-state index contributed by atoms with van der Waals surface area (Å²) in [5, 5.41) is 9.37. The molecule has 3 heteroatoms. The van der Waals surface area contributed by atoms with Crippen LogP contribution in [0.25, 0.3) is 0 Å². The number of rotatable bonds is 5. The Morgan fingerprint density at radius 1 is 1.25 bits per heavy atom. The summed E-state index contributed by atoms with van der Waals surface area (Å²) in [5.41, 5.74) is 4.15. The second kappa shape index (κ2) is 7.21. The number of hydrogen-bond donors (Lipinski definition) is 1. The predicted molar refractivity (Wildman–Crippen MR) is 83.9 cm³/mol. The van der Waals surface area contributed by atoms with Crippen molar-refractivity contribution in [1.29, 1.82) is 0 Å². The Labute approximate surface area is 123 Å². The highest BCUT2D eigenvalue weighted by atomic mass is 16.3. The lowest BCUT2D eigenvalue weighted by Crippen LogP contribution is -2.44. The number of piperidine rings is 1. The number of likely N-dealkylation sites (tertiary alicyclic amines) is 1. The Bertz CT molecular complexity index is 425. The Hall–Kier alpha value is -0.900. The Morgan fingerprint density at radius 3 is 2.60 bits per heavy atom. The number of aliphatic hydroxyl groups is 1. The third-order valence-corrected chi connectivity index (χ3v) is 4.68. The number of nitrogens with zero attached hydrogens (tertiary/aromatic N) is 2. The van der Waals surface area contributed by atoms with Crippen LogP contribution in [0.2, 0.25) is 0 Å².